The summed E-state index contributed by atoms with van der Waals surface area (Å²) in [6.07, 6.45) is 0. The van der Waals surface area contributed by atoms with Crippen LogP contribution in [0.5, 0.6) is 11.5 Å². The van der Waals surface area contributed by atoms with Crippen molar-refractivity contribution in [2.45, 2.75) is 5.37 Å². The predicted octanol–water partition coefficient (Wildman–Crippen LogP) is -0.183. The van der Waals surface area contributed by atoms with E-state index in [1.54, 1.807) is 30.0 Å². The third kappa shape index (κ3) is 3.15. The second-order valence-corrected chi connectivity index (χ2v) is 5.64. The van der Waals surface area contributed by atoms with Gasteiger partial charge in [-0.3, -0.25) is 4.79 Å². The summed E-state index contributed by atoms with van der Waals surface area (Å²) in [6, 6.07) is 5.20. The van der Waals surface area contributed by atoms with Crippen LogP contribution in [0.25, 0.3) is 0 Å². The van der Waals surface area contributed by atoms with Gasteiger partial charge in [-0.25, -0.2) is 10.9 Å². The first-order chi connectivity index (χ1) is 9.83. The molecule has 20 heavy (non-hydrogen) atoms. The van der Waals surface area contributed by atoms with E-state index in [1.807, 2.05) is 0 Å². The number of ether oxygens (including phenoxy) is 2. The maximum Gasteiger partial charge on any atom is 0.251 e. The molecule has 2 aliphatic rings. The number of thioether (sulfide) groups is 1. The van der Waals surface area contributed by atoms with Crippen molar-refractivity contribution in [3.8, 4) is 11.5 Å². The SMILES string of the molecule is O=C(NCCSC1CNNN1)c1ccc2c(c1)OCO2. The molecule has 0 saturated carbocycles. The summed E-state index contributed by atoms with van der Waals surface area (Å²) < 4.78 is 10.5. The van der Waals surface area contributed by atoms with Crippen molar-refractivity contribution < 1.29 is 14.3 Å². The highest BCUT2D eigenvalue weighted by molar-refractivity contribution is 7.99. The monoisotopic (exact) mass is 296 g/mol. The van der Waals surface area contributed by atoms with Gasteiger partial charge in [0.25, 0.3) is 5.91 Å². The van der Waals surface area contributed by atoms with Crippen LogP contribution >= 0.6 is 11.8 Å². The van der Waals surface area contributed by atoms with Gasteiger partial charge in [-0.05, 0) is 18.2 Å². The number of amides is 1. The Hall–Kier alpha value is -1.48. The minimum absolute atomic E-state index is 0.0977. The molecule has 0 aliphatic carbocycles. The predicted molar refractivity (Wildman–Crippen MR) is 75.4 cm³/mol. The molecular formula is C12H16N4O3S. The number of rotatable bonds is 5. The Kier molecular flexibility index (Phi) is 4.26. The van der Waals surface area contributed by atoms with E-state index in [-0.39, 0.29) is 12.7 Å². The van der Waals surface area contributed by atoms with Crippen molar-refractivity contribution in [2.24, 2.45) is 0 Å². The second kappa shape index (κ2) is 6.31. The van der Waals surface area contributed by atoms with Crippen LogP contribution < -0.4 is 31.2 Å². The van der Waals surface area contributed by atoms with Crippen LogP contribution in [0.4, 0.5) is 0 Å². The fourth-order valence-corrected chi connectivity index (χ4v) is 2.78. The first kappa shape index (κ1) is 13.5. The van der Waals surface area contributed by atoms with Gasteiger partial charge in [-0.1, -0.05) is 0 Å². The molecule has 1 amide bonds. The van der Waals surface area contributed by atoms with E-state index in [1.165, 1.54) is 0 Å². The molecule has 2 aliphatic heterocycles. The molecule has 0 bridgehead atoms. The third-order valence-electron chi connectivity index (χ3n) is 2.95. The molecule has 0 radical (unpaired) electrons. The van der Waals surface area contributed by atoms with E-state index in [0.717, 1.165) is 12.3 Å². The summed E-state index contributed by atoms with van der Waals surface area (Å²) in [4.78, 5) is 12.0. The van der Waals surface area contributed by atoms with Crippen LogP contribution in [0.15, 0.2) is 18.2 Å². The lowest BCUT2D eigenvalue weighted by Crippen LogP contribution is -2.33. The van der Waals surface area contributed by atoms with E-state index in [2.05, 4.69) is 21.7 Å². The van der Waals surface area contributed by atoms with E-state index >= 15 is 0 Å². The molecule has 1 aromatic carbocycles. The lowest BCUT2D eigenvalue weighted by atomic mass is 10.2. The molecular weight excluding hydrogens is 280 g/mol. The van der Waals surface area contributed by atoms with Gasteiger partial charge in [0.2, 0.25) is 6.79 Å². The second-order valence-electron chi connectivity index (χ2n) is 4.33. The number of hydrazine groups is 2. The van der Waals surface area contributed by atoms with E-state index in [4.69, 9.17) is 9.47 Å². The fraction of sp³-hybridized carbons (Fsp3) is 0.417. The van der Waals surface area contributed by atoms with Gasteiger partial charge in [0.15, 0.2) is 11.5 Å². The smallest absolute Gasteiger partial charge is 0.251 e. The first-order valence-electron chi connectivity index (χ1n) is 6.36. The highest BCUT2D eigenvalue weighted by atomic mass is 32.2. The summed E-state index contributed by atoms with van der Waals surface area (Å²) in [5, 5.41) is 3.22. The van der Waals surface area contributed by atoms with Crippen LogP contribution in [0, 0.1) is 0 Å². The number of hydrogen-bond acceptors (Lipinski definition) is 7. The van der Waals surface area contributed by atoms with Gasteiger partial charge < -0.3 is 14.8 Å². The van der Waals surface area contributed by atoms with Gasteiger partial charge in [0, 0.05) is 24.4 Å². The highest BCUT2D eigenvalue weighted by Gasteiger charge is 2.16. The van der Waals surface area contributed by atoms with Crippen LogP contribution in [-0.4, -0.2) is 36.9 Å². The normalized spacial score (nSPS) is 20.1. The van der Waals surface area contributed by atoms with Crippen molar-refractivity contribution in [1.29, 1.82) is 0 Å². The van der Waals surface area contributed by atoms with Crippen molar-refractivity contribution in [2.75, 3.05) is 25.6 Å². The van der Waals surface area contributed by atoms with Crippen molar-refractivity contribution in [3.05, 3.63) is 23.8 Å². The molecule has 8 heteroatoms. The average Bonchev–Trinajstić information content (AvgIpc) is 3.13. The number of hydrogen-bond donors (Lipinski definition) is 4. The number of fused-ring (bicyclic) bond motifs is 1. The summed E-state index contributed by atoms with van der Waals surface area (Å²) in [5.41, 5.74) is 9.46. The molecule has 0 spiro atoms. The molecule has 1 atom stereocenters. The van der Waals surface area contributed by atoms with E-state index < -0.39 is 0 Å². The number of nitrogens with one attached hydrogen (secondary N) is 4. The van der Waals surface area contributed by atoms with Crippen molar-refractivity contribution in [1.82, 2.24) is 21.7 Å². The summed E-state index contributed by atoms with van der Waals surface area (Å²) in [7, 11) is 0. The van der Waals surface area contributed by atoms with Crippen molar-refractivity contribution >= 4 is 17.7 Å². The van der Waals surface area contributed by atoms with Crippen LogP contribution in [-0.2, 0) is 0 Å². The lowest BCUT2D eigenvalue weighted by Gasteiger charge is -2.09. The summed E-state index contributed by atoms with van der Waals surface area (Å²) >= 11 is 1.75. The molecule has 4 N–H and O–H groups in total. The first-order valence-corrected chi connectivity index (χ1v) is 7.40. The topological polar surface area (TPSA) is 83.7 Å². The number of carbonyl (C=O) groups is 1. The zero-order valence-corrected chi connectivity index (χ0v) is 11.6. The maximum absolute atomic E-state index is 12.0. The molecule has 1 saturated heterocycles. The van der Waals surface area contributed by atoms with Crippen LogP contribution in [0.2, 0.25) is 0 Å². The maximum atomic E-state index is 12.0. The largest absolute Gasteiger partial charge is 0.454 e. The minimum atomic E-state index is -0.0977. The molecule has 1 aromatic rings. The Bertz CT molecular complexity index is 494. The standard InChI is InChI=1S/C12H16N4O3S/c17-12(13-3-4-20-11-6-14-16-15-11)8-1-2-9-10(5-8)19-7-18-9/h1-2,5,11,14-16H,3-4,6-7H2,(H,13,17). The van der Waals surface area contributed by atoms with E-state index in [0.29, 0.717) is 29.0 Å². The van der Waals surface area contributed by atoms with Gasteiger partial charge in [-0.15, -0.1) is 11.8 Å². The lowest BCUT2D eigenvalue weighted by molar-refractivity contribution is 0.0955. The zero-order chi connectivity index (χ0) is 13.8. The van der Waals surface area contributed by atoms with Gasteiger partial charge in [0.05, 0.1) is 5.37 Å². The Labute approximate surface area is 120 Å². The van der Waals surface area contributed by atoms with Gasteiger partial charge >= 0.3 is 0 Å². The van der Waals surface area contributed by atoms with Crippen molar-refractivity contribution in [3.63, 3.8) is 0 Å². The molecule has 2 heterocycles. The summed E-state index contributed by atoms with van der Waals surface area (Å²) in [5.74, 6) is 2.06. The van der Waals surface area contributed by atoms with Gasteiger partial charge in [0.1, 0.15) is 0 Å². The molecule has 3 rings (SSSR count). The number of carbonyl (C=O) groups excluding carboxylic acids is 1. The third-order valence-corrected chi connectivity index (χ3v) is 4.08. The highest BCUT2D eigenvalue weighted by Crippen LogP contribution is 2.32. The molecule has 1 fully saturated rings. The molecule has 1 unspecified atom stereocenters. The Morgan fingerprint density at radius 2 is 2.30 bits per heavy atom. The summed E-state index contributed by atoms with van der Waals surface area (Å²) in [6.45, 7) is 1.70. The molecule has 0 aromatic heterocycles. The van der Waals surface area contributed by atoms with Gasteiger partial charge in [-0.2, -0.15) is 5.53 Å². The Morgan fingerprint density at radius 1 is 1.40 bits per heavy atom. The zero-order valence-electron chi connectivity index (χ0n) is 10.8. The minimum Gasteiger partial charge on any atom is -0.454 e. The fourth-order valence-electron chi connectivity index (χ4n) is 1.93. The molecule has 108 valence electrons. The number of benzene rings is 1. The average molecular weight is 296 g/mol. The quantitative estimate of drug-likeness (QED) is 0.561. The van der Waals surface area contributed by atoms with Crippen LogP contribution in [0.3, 0.4) is 0 Å². The Balaban J connectivity index is 1.44. The Morgan fingerprint density at radius 3 is 3.15 bits per heavy atom. The van der Waals surface area contributed by atoms with E-state index in [9.17, 15) is 4.79 Å². The molecule has 7 nitrogen and oxygen atoms in total. The van der Waals surface area contributed by atoms with Crippen LogP contribution in [0.1, 0.15) is 10.4 Å².